The zero-order chi connectivity index (χ0) is 88.3. The lowest BCUT2D eigenvalue weighted by atomic mass is 9.66. The van der Waals surface area contributed by atoms with Gasteiger partial charge in [-0.2, -0.15) is 18.3 Å². The van der Waals surface area contributed by atoms with Crippen molar-refractivity contribution in [1.82, 2.24) is 0 Å². The molecule has 6 fully saturated rings. The summed E-state index contributed by atoms with van der Waals surface area (Å²) in [6.07, 6.45) is 31.1. The molecule has 13 aromatic rings. The van der Waals surface area contributed by atoms with Crippen LogP contribution in [-0.4, -0.2) is 0 Å². The van der Waals surface area contributed by atoms with E-state index in [0.717, 1.165) is 35.5 Å². The third-order valence-electron chi connectivity index (χ3n) is 35.1. The Hall–Kier alpha value is -9.12. The van der Waals surface area contributed by atoms with Crippen LogP contribution in [0.25, 0.3) is 98.9 Å². The van der Waals surface area contributed by atoms with Gasteiger partial charge < -0.3 is 0 Å². The lowest BCUT2D eigenvalue weighted by molar-refractivity contribution is -0.665. The van der Waals surface area contributed by atoms with Crippen LogP contribution in [0.5, 0.6) is 0 Å². The molecule has 0 radical (unpaired) electrons. The van der Waals surface area contributed by atoms with Gasteiger partial charge in [0.15, 0.2) is 22.8 Å². The van der Waals surface area contributed by atoms with Gasteiger partial charge in [-0.25, -0.2) is 0 Å². The van der Waals surface area contributed by atoms with Crippen molar-refractivity contribution in [1.29, 1.82) is 0 Å². The minimum atomic E-state index is 0.0127. The van der Waals surface area contributed by atoms with Gasteiger partial charge in [0.1, 0.15) is 28.2 Å². The van der Waals surface area contributed by atoms with Crippen molar-refractivity contribution in [2.24, 2.45) is 49.9 Å². The van der Waals surface area contributed by atoms with Gasteiger partial charge in [0.25, 0.3) is 0 Å². The van der Waals surface area contributed by atoms with Gasteiger partial charge in [-0.15, -0.1) is 0 Å². The van der Waals surface area contributed by atoms with E-state index in [1.807, 2.05) is 0 Å². The van der Waals surface area contributed by atoms with Crippen LogP contribution in [0.4, 0.5) is 0 Å². The molecule has 652 valence electrons. The van der Waals surface area contributed by atoms with Crippen LogP contribution < -0.4 is 18.3 Å². The van der Waals surface area contributed by atoms with E-state index >= 15 is 0 Å². The molecule has 0 spiro atoms. The zero-order valence-corrected chi connectivity index (χ0v) is 81.3. The number of fused-ring (bicyclic) bond motifs is 13. The van der Waals surface area contributed by atoms with Crippen LogP contribution in [0.3, 0.4) is 0 Å². The number of rotatable bonds is 7. The van der Waals surface area contributed by atoms with E-state index in [9.17, 15) is 0 Å². The van der Waals surface area contributed by atoms with Gasteiger partial charge in [-0.1, -0.05) is 178 Å². The molecule has 2 atom stereocenters. The van der Waals surface area contributed by atoms with Crippen LogP contribution >= 0.6 is 0 Å². The molecule has 0 N–H and O–H groups in total. The van der Waals surface area contributed by atoms with Gasteiger partial charge in [-0.3, -0.25) is 0 Å². The fraction of sp³-hybridized carbons (Fsp3) is 0.475. The highest BCUT2D eigenvalue weighted by atomic mass is 15.0. The van der Waals surface area contributed by atoms with Gasteiger partial charge in [-0.05, 0) is 391 Å². The Labute approximate surface area is 757 Å². The monoisotopic (exact) mass is 1670 g/mol. The summed E-state index contributed by atoms with van der Waals surface area (Å²) in [5, 5.41) is 13.9. The fourth-order valence-electron chi connectivity index (χ4n) is 26.1. The van der Waals surface area contributed by atoms with Crippen molar-refractivity contribution in [2.45, 2.75) is 325 Å². The summed E-state index contributed by atoms with van der Waals surface area (Å²) in [6, 6.07) is 67.2. The molecule has 0 amide bonds. The lowest BCUT2D eigenvalue weighted by Gasteiger charge is -2.38. The molecular formula is C122H148N4+4. The van der Waals surface area contributed by atoms with Crippen molar-refractivity contribution in [2.75, 3.05) is 0 Å². The Balaban J connectivity index is 0.000000110. The van der Waals surface area contributed by atoms with Gasteiger partial charge in [0.05, 0.1) is 43.8 Å². The molecule has 2 unspecified atom stereocenters. The third kappa shape index (κ3) is 15.9. The second-order valence-corrected chi connectivity index (χ2v) is 46.1. The first-order valence-corrected chi connectivity index (χ1v) is 49.7. The maximum Gasteiger partial charge on any atom is 0.221 e. The highest BCUT2D eigenvalue weighted by Gasteiger charge is 2.43. The van der Waals surface area contributed by atoms with Crippen LogP contribution in [0.15, 0.2) is 170 Å². The normalized spacial score (nSPS) is 21.3. The van der Waals surface area contributed by atoms with E-state index in [4.69, 9.17) is 0 Å². The minimum Gasteiger partial charge on any atom is -0.198 e. The SMILES string of the molecule is Cc1cc2c(cc1-c1c3ccc(C4CCC(C)(C)CC4)cc3cc(C)[n+]1C)C1CCC2C1.Cc1cc2c(cc1-c1c3ccc(C4CCC(C)(C)CC4)cc3cc(C)[n+]1C)C1CCC2CC1.Cc1cc2ccccc2cc1-c1c2ccc(C3CCC(C)(C)CC3)cc2cc(C)[n+]1C.Cc1cccc2c1-c1c3c(cc(C4CCC(C)(C)CC4)cc3cc(C)[n+]1C)C2(C)C. The van der Waals surface area contributed by atoms with Crippen LogP contribution in [-0.2, 0) is 33.6 Å². The van der Waals surface area contributed by atoms with Crippen molar-refractivity contribution < 1.29 is 18.3 Å². The summed E-state index contributed by atoms with van der Waals surface area (Å²) >= 11 is 0. The molecule has 0 saturated heterocycles. The maximum atomic E-state index is 2.59. The summed E-state index contributed by atoms with van der Waals surface area (Å²) in [4.78, 5) is 0. The fourth-order valence-corrected chi connectivity index (χ4v) is 26.1. The van der Waals surface area contributed by atoms with E-state index in [2.05, 4.69) is 341 Å². The number of aromatic nitrogens is 4. The number of nitrogens with zero attached hydrogens (tertiary/aromatic N) is 4. The average Bonchev–Trinajstić information content (AvgIpc) is 0.927. The molecule has 126 heavy (non-hydrogen) atoms. The number of aryl methyl sites for hydroxylation is 8. The summed E-state index contributed by atoms with van der Waals surface area (Å²) in [5.74, 6) is 6.08. The maximum absolute atomic E-state index is 2.59. The summed E-state index contributed by atoms with van der Waals surface area (Å²) < 4.78 is 9.63. The molecule has 4 heteroatoms. The van der Waals surface area contributed by atoms with Crippen molar-refractivity contribution in [3.05, 3.63) is 271 Å². The molecule has 0 aliphatic heterocycles. The number of hydrogen-bond acceptors (Lipinski definition) is 0. The van der Waals surface area contributed by atoms with Crippen molar-refractivity contribution in [3.63, 3.8) is 0 Å². The Kier molecular flexibility index (Phi) is 22.5. The van der Waals surface area contributed by atoms with Crippen molar-refractivity contribution in [3.8, 4) is 45.0 Å². The Bertz CT molecular complexity index is 6470. The number of benzene rings is 9. The standard InChI is InChI=1S/C32H40N.C31H38N.C30H34N.C29H36N/c1-20-16-29-23-6-8-24(9-7-23)30(29)19-28(20)31-27-11-10-25(18-26(27)17-21(2)33(31)5)22-12-14-32(3,4)15-13-22;1-19-14-28-23-6-7-24(17-23)29(28)18-27(19)30-26-9-8-22(16-25(26)15-20(2)32(30)5)21-10-12-31(3,4)13-11-21;1-20-16-23-8-6-7-9-24(23)19-28(20)29-27-11-10-25(18-26(27)17-21(2)31(29)5)22-12-14-30(3,4)15-13-22;1-18-9-8-10-23-25(18)27-26-22(15-19(2)30(27)7)16-21(17-24(26)29(23,5)6)20-11-13-28(3,4)14-12-20/h10-11,16-19,22-24H,6-9,12-15H2,1-5H3;8-9,14-16,18,21,23-24H,6-7,10-13,17H2,1-5H3;6-11,16-19,22H,12-15H2,1-5H3;8-10,15-17,20H,11-14H2,1-7H3/q4*+1. The molecule has 23 rings (SSSR count). The summed E-state index contributed by atoms with van der Waals surface area (Å²) in [6.45, 7) is 42.5. The molecule has 10 aliphatic carbocycles. The number of pyridine rings is 4. The molecule has 10 aliphatic rings. The predicted molar refractivity (Wildman–Crippen MR) is 533 cm³/mol. The molecule has 4 nitrogen and oxygen atoms in total. The largest absolute Gasteiger partial charge is 0.221 e. The van der Waals surface area contributed by atoms with Gasteiger partial charge in [0, 0.05) is 57.4 Å². The second-order valence-electron chi connectivity index (χ2n) is 46.1. The molecule has 4 heterocycles. The minimum absolute atomic E-state index is 0.0127. The third-order valence-corrected chi connectivity index (χ3v) is 35.1. The highest BCUT2D eigenvalue weighted by Crippen LogP contribution is 2.57. The van der Waals surface area contributed by atoms with E-state index in [-0.39, 0.29) is 5.41 Å². The molecule has 4 aromatic heterocycles. The van der Waals surface area contributed by atoms with Crippen LogP contribution in [0, 0.1) is 77.0 Å². The smallest absolute Gasteiger partial charge is 0.198 e. The summed E-state index contributed by atoms with van der Waals surface area (Å²) in [7, 11) is 8.95. The second kappa shape index (κ2) is 32.8. The number of hydrogen-bond donors (Lipinski definition) is 0. The van der Waals surface area contributed by atoms with Crippen molar-refractivity contribution >= 4 is 53.9 Å². The van der Waals surface area contributed by atoms with E-state index in [0.29, 0.717) is 33.5 Å². The molecule has 6 saturated carbocycles. The highest BCUT2D eigenvalue weighted by molar-refractivity contribution is 6.02. The van der Waals surface area contributed by atoms with Gasteiger partial charge >= 0.3 is 0 Å². The van der Waals surface area contributed by atoms with Crippen LogP contribution in [0.1, 0.15) is 365 Å². The lowest BCUT2D eigenvalue weighted by Crippen LogP contribution is -2.38. The Morgan fingerprint density at radius 1 is 0.246 bits per heavy atom. The first kappa shape index (κ1) is 86.3. The Morgan fingerprint density at radius 3 is 0.984 bits per heavy atom. The van der Waals surface area contributed by atoms with E-state index in [1.54, 1.807) is 38.9 Å². The van der Waals surface area contributed by atoms with Crippen LogP contribution in [0.2, 0.25) is 0 Å². The first-order chi connectivity index (χ1) is 60.0. The average molecular weight is 1670 g/mol. The van der Waals surface area contributed by atoms with Gasteiger partial charge in [0.2, 0.25) is 22.8 Å². The van der Waals surface area contributed by atoms with E-state index in [1.165, 1.54) is 308 Å². The first-order valence-electron chi connectivity index (χ1n) is 49.7. The topological polar surface area (TPSA) is 15.5 Å². The molecule has 4 bridgehead atoms. The Morgan fingerprint density at radius 2 is 0.571 bits per heavy atom. The molecular weight excluding hydrogens is 1520 g/mol. The zero-order valence-electron chi connectivity index (χ0n) is 81.3. The summed E-state index contributed by atoms with van der Waals surface area (Å²) in [5.41, 5.74) is 40.0. The predicted octanol–water partition coefficient (Wildman–Crippen LogP) is 31.4. The van der Waals surface area contributed by atoms with E-state index < -0.39 is 0 Å². The molecule has 9 aromatic carbocycles. The quantitative estimate of drug-likeness (QED) is 0.141.